The third-order valence-electron chi connectivity index (χ3n) is 0.571. The van der Waals surface area contributed by atoms with Crippen molar-refractivity contribution in [3.8, 4) is 12.2 Å². The van der Waals surface area contributed by atoms with E-state index in [0.717, 1.165) is 0 Å². The summed E-state index contributed by atoms with van der Waals surface area (Å²) in [6, 6.07) is 0. The first-order valence-corrected chi connectivity index (χ1v) is 1.85. The van der Waals surface area contributed by atoms with Crippen molar-refractivity contribution >= 4 is 0 Å². The van der Waals surface area contributed by atoms with Gasteiger partial charge in [-0.05, 0) is 0 Å². The molecule has 7 heavy (non-hydrogen) atoms. The zero-order valence-electron chi connectivity index (χ0n) is 3.55. The van der Waals surface area contributed by atoms with Crippen LogP contribution in [0.5, 0.6) is 0 Å². The Balaban J connectivity index is 2.25. The molecule has 1 N–H and O–H groups in total. The van der Waals surface area contributed by atoms with E-state index in [4.69, 9.17) is 5.11 Å². The monoisotopic (exact) mass is 100 g/mol. The SMILES string of the molecule is OCC1OC#CO1. The maximum Gasteiger partial charge on any atom is 0.284 e. The van der Waals surface area contributed by atoms with Crippen molar-refractivity contribution in [2.24, 2.45) is 0 Å². The third kappa shape index (κ3) is 0.756. The van der Waals surface area contributed by atoms with Gasteiger partial charge < -0.3 is 14.6 Å². The Morgan fingerprint density at radius 2 is 2.00 bits per heavy atom. The van der Waals surface area contributed by atoms with Gasteiger partial charge in [-0.1, -0.05) is 0 Å². The minimum absolute atomic E-state index is 0.153. The first kappa shape index (κ1) is 4.28. The summed E-state index contributed by atoms with van der Waals surface area (Å²) in [5.41, 5.74) is 0. The molecule has 0 atom stereocenters. The Hall–Kier alpha value is -0.880. The Labute approximate surface area is 40.8 Å². The molecule has 1 aliphatic heterocycles. The molecule has 0 unspecified atom stereocenters. The van der Waals surface area contributed by atoms with E-state index in [-0.39, 0.29) is 6.61 Å². The normalized spacial score (nSPS) is 16.7. The summed E-state index contributed by atoms with van der Waals surface area (Å²) in [6.07, 6.45) is 3.81. The molecule has 0 aromatic carbocycles. The van der Waals surface area contributed by atoms with Gasteiger partial charge in [-0.15, -0.1) is 0 Å². The van der Waals surface area contributed by atoms with E-state index >= 15 is 0 Å². The molecule has 0 saturated carbocycles. The minimum atomic E-state index is -0.569. The van der Waals surface area contributed by atoms with Gasteiger partial charge in [-0.2, -0.15) is 0 Å². The second-order valence-corrected chi connectivity index (χ2v) is 1.05. The van der Waals surface area contributed by atoms with Crippen LogP contribution in [-0.4, -0.2) is 18.0 Å². The van der Waals surface area contributed by atoms with Crippen LogP contribution in [0.15, 0.2) is 0 Å². The Kier molecular flexibility index (Phi) is 1.05. The predicted octanol–water partition coefficient (Wildman–Crippen LogP) is -0.730. The molecule has 0 aliphatic carbocycles. The number of rotatable bonds is 1. The fourth-order valence-corrected chi connectivity index (χ4v) is 0.278. The summed E-state index contributed by atoms with van der Waals surface area (Å²) >= 11 is 0. The zero-order valence-corrected chi connectivity index (χ0v) is 3.55. The fourth-order valence-electron chi connectivity index (χ4n) is 0.278. The molecule has 0 spiro atoms. The van der Waals surface area contributed by atoms with Crippen LogP contribution in [0.1, 0.15) is 0 Å². The van der Waals surface area contributed by atoms with Crippen LogP contribution in [0.25, 0.3) is 0 Å². The van der Waals surface area contributed by atoms with E-state index in [9.17, 15) is 0 Å². The van der Waals surface area contributed by atoms with Gasteiger partial charge in [0.05, 0.1) is 0 Å². The van der Waals surface area contributed by atoms with E-state index in [0.29, 0.717) is 0 Å². The molecular formula is C4H4O3. The lowest BCUT2D eigenvalue weighted by atomic mass is 10.7. The van der Waals surface area contributed by atoms with Crippen LogP contribution in [0.2, 0.25) is 0 Å². The topological polar surface area (TPSA) is 38.7 Å². The van der Waals surface area contributed by atoms with Crippen LogP contribution in [0.4, 0.5) is 0 Å². The van der Waals surface area contributed by atoms with Crippen molar-refractivity contribution in [3.63, 3.8) is 0 Å². The fraction of sp³-hybridized carbons (Fsp3) is 0.500. The largest absolute Gasteiger partial charge is 0.398 e. The van der Waals surface area contributed by atoms with Gasteiger partial charge in [-0.3, -0.25) is 0 Å². The molecule has 0 aromatic rings. The first-order chi connectivity index (χ1) is 3.43. The van der Waals surface area contributed by atoms with Crippen LogP contribution >= 0.6 is 0 Å². The van der Waals surface area contributed by atoms with Crippen molar-refractivity contribution in [1.29, 1.82) is 0 Å². The standard InChI is InChI=1S/C4H4O3/c5-3-4-6-1-2-7-4/h4-5H,3H2. The molecule has 0 bridgehead atoms. The average Bonchev–Trinajstić information content (AvgIpc) is 2.14. The summed E-state index contributed by atoms with van der Waals surface area (Å²) in [5.74, 6) is 0. The van der Waals surface area contributed by atoms with Gasteiger partial charge >= 0.3 is 0 Å². The van der Waals surface area contributed by atoms with Gasteiger partial charge in [0.15, 0.2) is 12.2 Å². The van der Waals surface area contributed by atoms with Gasteiger partial charge in [0.2, 0.25) is 0 Å². The van der Waals surface area contributed by atoms with Crippen LogP contribution in [0, 0.1) is 12.2 Å². The maximum atomic E-state index is 8.24. The van der Waals surface area contributed by atoms with E-state index in [1.165, 1.54) is 0 Å². The van der Waals surface area contributed by atoms with Gasteiger partial charge in [0.1, 0.15) is 6.61 Å². The Morgan fingerprint density at radius 3 is 2.29 bits per heavy atom. The number of ether oxygens (including phenoxy) is 2. The summed E-state index contributed by atoms with van der Waals surface area (Å²) < 4.78 is 8.94. The van der Waals surface area contributed by atoms with Crippen molar-refractivity contribution in [2.75, 3.05) is 6.61 Å². The van der Waals surface area contributed by atoms with Crippen molar-refractivity contribution in [1.82, 2.24) is 0 Å². The second kappa shape index (κ2) is 1.71. The highest BCUT2D eigenvalue weighted by Gasteiger charge is 2.08. The molecule has 0 saturated heterocycles. The lowest BCUT2D eigenvalue weighted by molar-refractivity contribution is -0.0518. The number of aliphatic hydroxyl groups excluding tert-OH is 1. The molecule has 0 aromatic heterocycles. The molecule has 1 aliphatic rings. The third-order valence-corrected chi connectivity index (χ3v) is 0.571. The molecule has 0 radical (unpaired) electrons. The van der Waals surface area contributed by atoms with Crippen LogP contribution in [-0.2, 0) is 9.47 Å². The summed E-state index contributed by atoms with van der Waals surface area (Å²) in [6.45, 7) is -0.153. The molecule has 3 heteroatoms. The molecule has 3 nitrogen and oxygen atoms in total. The summed E-state index contributed by atoms with van der Waals surface area (Å²) in [4.78, 5) is 0. The minimum Gasteiger partial charge on any atom is -0.398 e. The molecule has 0 fully saturated rings. The first-order valence-electron chi connectivity index (χ1n) is 1.85. The van der Waals surface area contributed by atoms with Crippen molar-refractivity contribution < 1.29 is 14.6 Å². The lowest BCUT2D eigenvalue weighted by Gasteiger charge is -2.00. The highest BCUT2D eigenvalue weighted by Crippen LogP contribution is 1.95. The molecule has 0 amide bonds. The van der Waals surface area contributed by atoms with Gasteiger partial charge in [0, 0.05) is 0 Å². The average molecular weight is 100 g/mol. The van der Waals surface area contributed by atoms with Crippen molar-refractivity contribution in [2.45, 2.75) is 6.29 Å². The molecule has 38 valence electrons. The highest BCUT2D eigenvalue weighted by atomic mass is 16.7. The quantitative estimate of drug-likeness (QED) is 0.441. The van der Waals surface area contributed by atoms with E-state index in [2.05, 4.69) is 21.7 Å². The van der Waals surface area contributed by atoms with Gasteiger partial charge in [-0.25, -0.2) is 0 Å². The Bertz CT molecular complexity index is 99.8. The zero-order chi connectivity index (χ0) is 5.11. The number of hydrogen-bond donors (Lipinski definition) is 1. The van der Waals surface area contributed by atoms with E-state index in [1.54, 1.807) is 0 Å². The summed E-state index contributed by atoms with van der Waals surface area (Å²) in [7, 11) is 0. The summed E-state index contributed by atoms with van der Waals surface area (Å²) in [5, 5.41) is 8.24. The number of aliphatic hydroxyl groups is 1. The smallest absolute Gasteiger partial charge is 0.284 e. The highest BCUT2D eigenvalue weighted by molar-refractivity contribution is 4.86. The molecule has 1 heterocycles. The number of hydrogen-bond acceptors (Lipinski definition) is 3. The van der Waals surface area contributed by atoms with Crippen LogP contribution < -0.4 is 0 Å². The second-order valence-electron chi connectivity index (χ2n) is 1.05. The lowest BCUT2D eigenvalue weighted by Crippen LogP contribution is -2.12. The maximum absolute atomic E-state index is 8.24. The van der Waals surface area contributed by atoms with Gasteiger partial charge in [0.25, 0.3) is 6.29 Å². The van der Waals surface area contributed by atoms with Crippen molar-refractivity contribution in [3.05, 3.63) is 0 Å². The van der Waals surface area contributed by atoms with E-state index in [1.807, 2.05) is 0 Å². The molecule has 1 rings (SSSR count). The Morgan fingerprint density at radius 1 is 1.43 bits per heavy atom. The predicted molar refractivity (Wildman–Crippen MR) is 20.8 cm³/mol. The van der Waals surface area contributed by atoms with Crippen LogP contribution in [0.3, 0.4) is 0 Å². The van der Waals surface area contributed by atoms with E-state index < -0.39 is 6.29 Å². The molecular weight excluding hydrogens is 96.0 g/mol.